The number of pyridine rings is 2. The maximum atomic E-state index is 14.2. The molecule has 1 aliphatic rings. The number of nitrogens with one attached hydrogen (secondary N) is 1. The lowest BCUT2D eigenvalue weighted by atomic mass is 10.0. The quantitative estimate of drug-likeness (QED) is 0.835. The fourth-order valence-corrected chi connectivity index (χ4v) is 3.28. The number of anilines is 2. The van der Waals surface area contributed by atoms with E-state index in [0.717, 1.165) is 30.5 Å². The van der Waals surface area contributed by atoms with Crippen LogP contribution in [-0.2, 0) is 4.74 Å². The van der Waals surface area contributed by atoms with Crippen molar-refractivity contribution < 1.29 is 13.9 Å². The molecule has 1 atom stereocenters. The molecule has 1 N–H and O–H groups in total. The second kappa shape index (κ2) is 7.68. The first-order chi connectivity index (χ1) is 12.5. The van der Waals surface area contributed by atoms with Crippen molar-refractivity contribution in [3.05, 3.63) is 35.9 Å². The Morgan fingerprint density at radius 3 is 2.88 bits per heavy atom. The van der Waals surface area contributed by atoms with E-state index in [2.05, 4.69) is 31.8 Å². The van der Waals surface area contributed by atoms with Crippen molar-refractivity contribution in [2.75, 3.05) is 23.9 Å². The number of hydrogen-bond donors (Lipinski definition) is 1. The van der Waals surface area contributed by atoms with Crippen LogP contribution < -0.4 is 10.2 Å². The van der Waals surface area contributed by atoms with Crippen molar-refractivity contribution in [2.24, 2.45) is 0 Å². The van der Waals surface area contributed by atoms with E-state index in [1.165, 1.54) is 19.6 Å². The van der Waals surface area contributed by atoms with Crippen molar-refractivity contribution in [1.29, 1.82) is 0 Å². The van der Waals surface area contributed by atoms with Crippen LogP contribution in [0.25, 0.3) is 11.1 Å². The van der Waals surface area contributed by atoms with E-state index in [9.17, 15) is 9.18 Å². The normalized spacial score (nSPS) is 17.1. The Morgan fingerprint density at radius 2 is 2.15 bits per heavy atom. The van der Waals surface area contributed by atoms with Crippen LogP contribution in [0.1, 0.15) is 31.7 Å². The molecule has 0 unspecified atom stereocenters. The van der Waals surface area contributed by atoms with Gasteiger partial charge in [-0.3, -0.25) is 5.32 Å². The van der Waals surface area contributed by atoms with Crippen LogP contribution in [0, 0.1) is 12.9 Å². The molecule has 0 aromatic carbocycles. The fraction of sp³-hybridized carbons (Fsp3) is 0.421. The van der Waals surface area contributed by atoms with Crippen LogP contribution in [-0.4, -0.2) is 35.8 Å². The maximum absolute atomic E-state index is 14.2. The van der Waals surface area contributed by atoms with E-state index < -0.39 is 12.0 Å². The van der Waals surface area contributed by atoms with Crippen molar-refractivity contribution in [3.63, 3.8) is 0 Å². The predicted molar refractivity (Wildman–Crippen MR) is 98.8 cm³/mol. The van der Waals surface area contributed by atoms with Gasteiger partial charge in [-0.1, -0.05) is 0 Å². The van der Waals surface area contributed by atoms with E-state index in [-0.39, 0.29) is 0 Å². The van der Waals surface area contributed by atoms with Gasteiger partial charge < -0.3 is 9.64 Å². The number of aromatic nitrogens is 2. The minimum absolute atomic E-state index is 0.334. The standard InChI is InChI=1S/C19H23FN4O2/c1-12-11-21-17(23-19(25)26-3)10-15(12)14-8-16(20)22-18(9-14)24-7-5-4-6-13(24)2/h8-11,13H,4-7H2,1-3H3,(H,21,23,25)/t13-/m0/s1. The third kappa shape index (κ3) is 3.92. The molecule has 1 fully saturated rings. The summed E-state index contributed by atoms with van der Waals surface area (Å²) in [5, 5.41) is 2.54. The van der Waals surface area contributed by atoms with Crippen LogP contribution in [0.15, 0.2) is 24.4 Å². The van der Waals surface area contributed by atoms with Gasteiger partial charge in [-0.05, 0) is 61.9 Å². The number of rotatable bonds is 3. The molecule has 1 aliphatic heterocycles. The highest BCUT2D eigenvalue weighted by atomic mass is 19.1. The summed E-state index contributed by atoms with van der Waals surface area (Å²) in [7, 11) is 1.29. The van der Waals surface area contributed by atoms with Gasteiger partial charge in [-0.2, -0.15) is 4.39 Å². The van der Waals surface area contributed by atoms with Gasteiger partial charge in [0.25, 0.3) is 0 Å². The van der Waals surface area contributed by atoms with Crippen LogP contribution in [0.2, 0.25) is 0 Å². The number of nitrogens with zero attached hydrogens (tertiary/aromatic N) is 3. The average Bonchev–Trinajstić information content (AvgIpc) is 2.63. The lowest BCUT2D eigenvalue weighted by Crippen LogP contribution is -2.38. The number of hydrogen-bond acceptors (Lipinski definition) is 5. The molecule has 0 aliphatic carbocycles. The van der Waals surface area contributed by atoms with E-state index in [1.807, 2.05) is 13.0 Å². The van der Waals surface area contributed by atoms with Crippen LogP contribution in [0.3, 0.4) is 0 Å². The molecule has 1 saturated heterocycles. The van der Waals surface area contributed by atoms with Gasteiger partial charge in [0.05, 0.1) is 7.11 Å². The second-order valence-electron chi connectivity index (χ2n) is 6.58. The summed E-state index contributed by atoms with van der Waals surface area (Å²) in [5.74, 6) is 0.474. The number of aryl methyl sites for hydroxylation is 1. The van der Waals surface area contributed by atoms with Gasteiger partial charge >= 0.3 is 6.09 Å². The third-order valence-corrected chi connectivity index (χ3v) is 4.71. The summed E-state index contributed by atoms with van der Waals surface area (Å²) in [6.07, 6.45) is 4.39. The van der Waals surface area contributed by atoms with E-state index in [0.29, 0.717) is 23.2 Å². The molecule has 3 rings (SSSR count). The summed E-state index contributed by atoms with van der Waals surface area (Å²) < 4.78 is 18.8. The Hall–Kier alpha value is -2.70. The topological polar surface area (TPSA) is 67.3 Å². The second-order valence-corrected chi connectivity index (χ2v) is 6.58. The first-order valence-corrected chi connectivity index (χ1v) is 8.74. The Labute approximate surface area is 152 Å². The molecule has 0 radical (unpaired) electrons. The number of amides is 1. The smallest absolute Gasteiger partial charge is 0.412 e. The molecule has 2 aromatic heterocycles. The molecule has 26 heavy (non-hydrogen) atoms. The van der Waals surface area contributed by atoms with Gasteiger partial charge in [0, 0.05) is 24.8 Å². The van der Waals surface area contributed by atoms with Crippen molar-refractivity contribution in [2.45, 2.75) is 39.2 Å². The summed E-state index contributed by atoms with van der Waals surface area (Å²) >= 11 is 0. The highest BCUT2D eigenvalue weighted by Gasteiger charge is 2.21. The number of halogens is 1. The van der Waals surface area contributed by atoms with Crippen molar-refractivity contribution in [1.82, 2.24) is 9.97 Å². The summed E-state index contributed by atoms with van der Waals surface area (Å²) in [4.78, 5) is 21.8. The first kappa shape index (κ1) is 18.1. The Bertz CT molecular complexity index is 812. The number of ether oxygens (including phenoxy) is 1. The molecule has 0 spiro atoms. The van der Waals surface area contributed by atoms with Crippen molar-refractivity contribution >= 4 is 17.7 Å². The molecule has 138 valence electrons. The Kier molecular flexibility index (Phi) is 5.35. The van der Waals surface area contributed by atoms with Gasteiger partial charge in [0.1, 0.15) is 11.6 Å². The average molecular weight is 358 g/mol. The SMILES string of the molecule is COC(=O)Nc1cc(-c2cc(F)nc(N3CCCC[C@@H]3C)c2)c(C)cn1. The predicted octanol–water partition coefficient (Wildman–Crippen LogP) is 4.15. The monoisotopic (exact) mass is 358 g/mol. The zero-order valence-electron chi connectivity index (χ0n) is 15.3. The lowest BCUT2D eigenvalue weighted by Gasteiger charge is -2.34. The molecule has 3 heterocycles. The molecular formula is C19H23FN4O2. The van der Waals surface area contributed by atoms with Gasteiger partial charge in [-0.15, -0.1) is 0 Å². The summed E-state index contributed by atoms with van der Waals surface area (Å²) in [5.41, 5.74) is 2.38. The van der Waals surface area contributed by atoms with Crippen LogP contribution in [0.4, 0.5) is 20.8 Å². The Balaban J connectivity index is 1.98. The summed E-state index contributed by atoms with van der Waals surface area (Å²) in [6.45, 7) is 4.91. The van der Waals surface area contributed by atoms with Gasteiger partial charge in [-0.25, -0.2) is 14.8 Å². The number of methoxy groups -OCH3 is 1. The highest BCUT2D eigenvalue weighted by Crippen LogP contribution is 2.30. The minimum Gasteiger partial charge on any atom is -0.453 e. The molecule has 2 aromatic rings. The van der Waals surface area contributed by atoms with Crippen LogP contribution >= 0.6 is 0 Å². The zero-order chi connectivity index (χ0) is 18.7. The van der Waals surface area contributed by atoms with E-state index >= 15 is 0 Å². The molecule has 6 nitrogen and oxygen atoms in total. The zero-order valence-corrected chi connectivity index (χ0v) is 15.3. The molecule has 7 heteroatoms. The minimum atomic E-state index is -0.601. The largest absolute Gasteiger partial charge is 0.453 e. The van der Waals surface area contributed by atoms with Crippen molar-refractivity contribution in [3.8, 4) is 11.1 Å². The molecular weight excluding hydrogens is 335 g/mol. The number of carbonyl (C=O) groups excluding carboxylic acids is 1. The first-order valence-electron chi connectivity index (χ1n) is 8.74. The third-order valence-electron chi connectivity index (χ3n) is 4.71. The molecule has 0 bridgehead atoms. The molecule has 0 saturated carbocycles. The fourth-order valence-electron chi connectivity index (χ4n) is 3.28. The number of carbonyl (C=O) groups is 1. The summed E-state index contributed by atoms with van der Waals surface area (Å²) in [6, 6.07) is 5.35. The lowest BCUT2D eigenvalue weighted by molar-refractivity contribution is 0.187. The van der Waals surface area contributed by atoms with Gasteiger partial charge in [0.2, 0.25) is 5.95 Å². The highest BCUT2D eigenvalue weighted by molar-refractivity contribution is 5.84. The van der Waals surface area contributed by atoms with Gasteiger partial charge in [0.15, 0.2) is 0 Å². The van der Waals surface area contributed by atoms with Crippen LogP contribution in [0.5, 0.6) is 0 Å². The van der Waals surface area contributed by atoms with E-state index in [4.69, 9.17) is 0 Å². The molecule has 1 amide bonds. The Morgan fingerprint density at radius 1 is 1.35 bits per heavy atom. The number of piperidine rings is 1. The van der Waals surface area contributed by atoms with E-state index in [1.54, 1.807) is 12.3 Å². The maximum Gasteiger partial charge on any atom is 0.412 e.